The van der Waals surface area contributed by atoms with Crippen molar-refractivity contribution >= 4 is 12.4 Å². The lowest BCUT2D eigenvalue weighted by molar-refractivity contribution is -0.111. The highest BCUT2D eigenvalue weighted by Crippen LogP contribution is 2.34. The Morgan fingerprint density at radius 2 is 1.55 bits per heavy atom. The fraction of sp³-hybridized carbons (Fsp3) is 1.00. The molecule has 0 saturated carbocycles. The summed E-state index contributed by atoms with van der Waals surface area (Å²) in [6.07, 6.45) is 0. The van der Waals surface area contributed by atoms with Crippen LogP contribution >= 0.6 is 12.4 Å². The Morgan fingerprint density at radius 1 is 1.18 bits per heavy atom. The van der Waals surface area contributed by atoms with Crippen LogP contribution in [-0.4, -0.2) is 19.0 Å². The highest BCUT2D eigenvalue weighted by atomic mass is 35.5. The monoisotopic (exact) mass is 185 g/mol. The minimum atomic E-state index is -2.47. The molecule has 1 nitrogen and oxygen atoms in total. The van der Waals surface area contributed by atoms with E-state index in [0.717, 1.165) is 0 Å². The van der Waals surface area contributed by atoms with Crippen LogP contribution in [0.1, 0.15) is 13.8 Å². The lowest BCUT2D eigenvalue weighted by Crippen LogP contribution is -2.49. The van der Waals surface area contributed by atoms with Gasteiger partial charge in [0, 0.05) is 24.9 Å². The van der Waals surface area contributed by atoms with Crippen LogP contribution in [0.2, 0.25) is 0 Å². The summed E-state index contributed by atoms with van der Waals surface area (Å²) < 4.78 is 25.9. The number of rotatable bonds is 0. The lowest BCUT2D eigenvalue weighted by Gasteiger charge is -2.34. The summed E-state index contributed by atoms with van der Waals surface area (Å²) in [5.74, 6) is -3.50. The van der Waals surface area contributed by atoms with E-state index in [1.54, 1.807) is 13.8 Å². The number of hydrogen-bond donors (Lipinski definition) is 1. The van der Waals surface area contributed by atoms with Gasteiger partial charge in [-0.2, -0.15) is 0 Å². The first kappa shape index (κ1) is 11.1. The molecule has 0 radical (unpaired) electrons. The third-order valence-electron chi connectivity index (χ3n) is 2.22. The van der Waals surface area contributed by atoms with E-state index in [9.17, 15) is 8.78 Å². The van der Waals surface area contributed by atoms with E-state index in [1.807, 2.05) is 0 Å². The molecule has 1 fully saturated rings. The maximum absolute atomic E-state index is 13.0. The minimum absolute atomic E-state index is 0. The predicted molar refractivity (Wildman–Crippen MR) is 43.4 cm³/mol. The number of alkyl halides is 2. The molecule has 0 aliphatic carbocycles. The molecule has 1 N–H and O–H groups in total. The highest BCUT2D eigenvalue weighted by molar-refractivity contribution is 5.85. The van der Waals surface area contributed by atoms with E-state index in [-0.39, 0.29) is 12.4 Å². The molecular formula is C7H14ClF2N. The fourth-order valence-corrected chi connectivity index (χ4v) is 1.27. The number of piperidine rings is 1. The Morgan fingerprint density at radius 3 is 1.82 bits per heavy atom. The number of hydrogen-bond acceptors (Lipinski definition) is 1. The third kappa shape index (κ3) is 2.03. The van der Waals surface area contributed by atoms with Crippen LogP contribution in [0.15, 0.2) is 0 Å². The van der Waals surface area contributed by atoms with Crippen LogP contribution in [0.4, 0.5) is 8.78 Å². The Labute approximate surface area is 72.0 Å². The van der Waals surface area contributed by atoms with Crippen LogP contribution < -0.4 is 5.32 Å². The van der Waals surface area contributed by atoms with Gasteiger partial charge in [0.2, 0.25) is 0 Å². The Kier molecular flexibility index (Phi) is 3.71. The van der Waals surface area contributed by atoms with Crippen molar-refractivity contribution in [3.8, 4) is 0 Å². The standard InChI is InChI=1S/C7H13F2N.ClH/c1-5-3-10-4-6(2)7(5,8)9;/h5-6,10H,3-4H2,1-2H3;1H/t5-,6-;/m1./s1. The van der Waals surface area contributed by atoms with E-state index < -0.39 is 17.8 Å². The van der Waals surface area contributed by atoms with Gasteiger partial charge in [0.1, 0.15) is 0 Å². The van der Waals surface area contributed by atoms with Crippen molar-refractivity contribution < 1.29 is 8.78 Å². The van der Waals surface area contributed by atoms with Crippen molar-refractivity contribution in [3.63, 3.8) is 0 Å². The van der Waals surface area contributed by atoms with Gasteiger partial charge in [-0.25, -0.2) is 8.78 Å². The molecule has 68 valence electrons. The SMILES string of the molecule is C[C@@H]1CNC[C@@H](C)C1(F)F.Cl. The van der Waals surface area contributed by atoms with Crippen LogP contribution in [0.3, 0.4) is 0 Å². The van der Waals surface area contributed by atoms with Gasteiger partial charge in [0.15, 0.2) is 0 Å². The van der Waals surface area contributed by atoms with Gasteiger partial charge in [-0.05, 0) is 0 Å². The molecule has 11 heavy (non-hydrogen) atoms. The van der Waals surface area contributed by atoms with Crippen molar-refractivity contribution in [2.75, 3.05) is 13.1 Å². The molecule has 0 aromatic carbocycles. The van der Waals surface area contributed by atoms with Gasteiger partial charge in [0.05, 0.1) is 0 Å². The quantitative estimate of drug-likeness (QED) is 0.608. The summed E-state index contributed by atoms with van der Waals surface area (Å²) in [6.45, 7) is 4.06. The lowest BCUT2D eigenvalue weighted by atomic mass is 9.89. The van der Waals surface area contributed by atoms with Gasteiger partial charge >= 0.3 is 0 Å². The summed E-state index contributed by atoms with van der Waals surface area (Å²) in [5.41, 5.74) is 0. The van der Waals surface area contributed by atoms with Gasteiger partial charge < -0.3 is 5.32 Å². The van der Waals surface area contributed by atoms with Gasteiger partial charge in [-0.1, -0.05) is 13.8 Å². The molecule has 0 aromatic heterocycles. The van der Waals surface area contributed by atoms with Crippen LogP contribution in [-0.2, 0) is 0 Å². The first-order chi connectivity index (χ1) is 4.55. The van der Waals surface area contributed by atoms with Gasteiger partial charge in [0.25, 0.3) is 5.92 Å². The maximum Gasteiger partial charge on any atom is 0.255 e. The second-order valence-electron chi connectivity index (χ2n) is 3.13. The summed E-state index contributed by atoms with van der Waals surface area (Å²) in [4.78, 5) is 0. The van der Waals surface area contributed by atoms with Crippen LogP contribution in [0, 0.1) is 11.8 Å². The largest absolute Gasteiger partial charge is 0.316 e. The number of halogens is 3. The van der Waals surface area contributed by atoms with E-state index in [4.69, 9.17) is 0 Å². The molecule has 0 bridgehead atoms. The van der Waals surface area contributed by atoms with Crippen molar-refractivity contribution in [3.05, 3.63) is 0 Å². The zero-order chi connectivity index (χ0) is 7.78. The van der Waals surface area contributed by atoms with Crippen molar-refractivity contribution in [2.24, 2.45) is 11.8 Å². The fourth-order valence-electron chi connectivity index (χ4n) is 1.27. The maximum atomic E-state index is 13.0. The van der Waals surface area contributed by atoms with Crippen molar-refractivity contribution in [1.82, 2.24) is 5.32 Å². The third-order valence-corrected chi connectivity index (χ3v) is 2.22. The first-order valence-electron chi connectivity index (χ1n) is 3.63. The zero-order valence-electron chi connectivity index (χ0n) is 6.73. The van der Waals surface area contributed by atoms with E-state index in [1.165, 1.54) is 0 Å². The first-order valence-corrected chi connectivity index (χ1v) is 3.63. The highest BCUT2D eigenvalue weighted by Gasteiger charge is 2.44. The van der Waals surface area contributed by atoms with E-state index in [0.29, 0.717) is 13.1 Å². The molecule has 1 aliphatic rings. The predicted octanol–water partition coefficient (Wildman–Crippen LogP) is 1.92. The molecule has 0 unspecified atom stereocenters. The van der Waals surface area contributed by atoms with Crippen LogP contribution in [0.5, 0.6) is 0 Å². The molecule has 0 aromatic rings. The molecule has 4 heteroatoms. The summed E-state index contributed by atoms with van der Waals surface area (Å²) in [6, 6.07) is 0. The molecule has 0 amide bonds. The Bertz CT molecular complexity index is 118. The zero-order valence-corrected chi connectivity index (χ0v) is 7.55. The molecular weight excluding hydrogens is 172 g/mol. The molecule has 2 atom stereocenters. The summed E-state index contributed by atoms with van der Waals surface area (Å²) >= 11 is 0. The normalized spacial score (nSPS) is 36.0. The van der Waals surface area contributed by atoms with Crippen LogP contribution in [0.25, 0.3) is 0 Å². The Hall–Kier alpha value is 0.110. The topological polar surface area (TPSA) is 12.0 Å². The second-order valence-corrected chi connectivity index (χ2v) is 3.13. The Balaban J connectivity index is 0.000001000. The molecule has 1 saturated heterocycles. The molecule has 1 heterocycles. The second kappa shape index (κ2) is 3.68. The minimum Gasteiger partial charge on any atom is -0.316 e. The van der Waals surface area contributed by atoms with E-state index >= 15 is 0 Å². The van der Waals surface area contributed by atoms with Gasteiger partial charge in [-0.15, -0.1) is 12.4 Å². The average molecular weight is 186 g/mol. The average Bonchev–Trinajstić information content (AvgIpc) is 1.84. The smallest absolute Gasteiger partial charge is 0.255 e. The molecule has 0 spiro atoms. The molecule has 1 rings (SSSR count). The van der Waals surface area contributed by atoms with E-state index in [2.05, 4.69) is 5.32 Å². The summed E-state index contributed by atoms with van der Waals surface area (Å²) in [5, 5.41) is 2.96. The molecule has 1 aliphatic heterocycles. The number of nitrogens with one attached hydrogen (secondary N) is 1. The van der Waals surface area contributed by atoms with Crippen molar-refractivity contribution in [2.45, 2.75) is 19.8 Å². The van der Waals surface area contributed by atoms with Gasteiger partial charge in [-0.3, -0.25) is 0 Å². The summed E-state index contributed by atoms with van der Waals surface area (Å²) in [7, 11) is 0. The van der Waals surface area contributed by atoms with Crippen molar-refractivity contribution in [1.29, 1.82) is 0 Å².